The number of hydrogen-bond acceptors (Lipinski definition) is 15. The van der Waals surface area contributed by atoms with Crippen LogP contribution in [0, 0.1) is 6.92 Å². The van der Waals surface area contributed by atoms with E-state index in [0.717, 1.165) is 28.9 Å². The number of carbonyl (C=O) groups excluding carboxylic acids is 3. The maximum Gasteiger partial charge on any atom is 0.340 e. The molecule has 1 spiro atoms. The van der Waals surface area contributed by atoms with Crippen LogP contribution in [0.4, 0.5) is 11.4 Å². The Hall–Kier alpha value is -7.37. The van der Waals surface area contributed by atoms with E-state index in [2.05, 4.69) is 20.8 Å². The molecular formula is C46H41ClN8O12S2. The van der Waals surface area contributed by atoms with Gasteiger partial charge >= 0.3 is 5.97 Å². The second-order valence-corrected chi connectivity index (χ2v) is 19.5. The summed E-state index contributed by atoms with van der Waals surface area (Å²) in [5, 5.41) is 15.1. The molecule has 69 heavy (non-hydrogen) atoms. The standard InChI is InChI=1S/C46H41ClN8O12S2/c1-23-53-54-43-35(52-38(24-6-9-26(47)10-7-24)29-21-27(65-2)11-17-36(29)55(23)43)22-37(56)50-18-4-3-5-19-51-44(57)25-8-12-30-28(20-25)45(58)67-46(30)31-13-15-33(48)41(68(59,60)61)39(31)66-40-32(46)14-16-34(49)42(40)69(62,63)64/h6-17,20-21,35H,3-5,18-19,22,48-49H2,1-2H3,(H,50,56)(H,51,57)(H,59,60,61)(H,62,63,64)/t35-/m0/s1. The van der Waals surface area contributed by atoms with Gasteiger partial charge in [-0.3, -0.25) is 28.3 Å². The van der Waals surface area contributed by atoms with Gasteiger partial charge in [-0.15, -0.1) is 10.2 Å². The highest BCUT2D eigenvalue weighted by Crippen LogP contribution is 2.60. The maximum atomic E-state index is 13.7. The summed E-state index contributed by atoms with van der Waals surface area (Å²) in [7, 11) is -8.75. The Morgan fingerprint density at radius 1 is 0.812 bits per heavy atom. The fourth-order valence-electron chi connectivity index (χ4n) is 8.89. The number of carbonyl (C=O) groups is 3. The van der Waals surface area contributed by atoms with E-state index in [9.17, 15) is 40.3 Å². The van der Waals surface area contributed by atoms with E-state index in [0.29, 0.717) is 53.9 Å². The number of methoxy groups -OCH3 is 1. The first-order valence-corrected chi connectivity index (χ1v) is 24.4. The highest BCUT2D eigenvalue weighted by molar-refractivity contribution is 7.86. The molecule has 20 nitrogen and oxygen atoms in total. The highest BCUT2D eigenvalue weighted by atomic mass is 35.5. The zero-order valence-electron chi connectivity index (χ0n) is 36.5. The molecule has 1 atom stereocenters. The van der Waals surface area contributed by atoms with Gasteiger partial charge in [-0.05, 0) is 92.9 Å². The number of esters is 1. The zero-order chi connectivity index (χ0) is 49.2. The Kier molecular flexibility index (Phi) is 11.9. The van der Waals surface area contributed by atoms with Crippen molar-refractivity contribution in [3.05, 3.63) is 141 Å². The van der Waals surface area contributed by atoms with Crippen LogP contribution in [0.25, 0.3) is 5.69 Å². The summed E-state index contributed by atoms with van der Waals surface area (Å²) in [6.45, 7) is 2.41. The summed E-state index contributed by atoms with van der Waals surface area (Å²) in [5.41, 5.74) is 11.4. The number of anilines is 2. The molecule has 23 heteroatoms. The van der Waals surface area contributed by atoms with E-state index in [1.54, 1.807) is 19.2 Å². The van der Waals surface area contributed by atoms with Crippen LogP contribution in [0.15, 0.2) is 99.7 Å². The Morgan fingerprint density at radius 2 is 1.43 bits per heavy atom. The van der Waals surface area contributed by atoms with Gasteiger partial charge in [0.2, 0.25) is 5.91 Å². The molecule has 9 rings (SSSR count). The van der Waals surface area contributed by atoms with Gasteiger partial charge in [0.25, 0.3) is 26.1 Å². The number of aliphatic imine (C=N–C) groups is 1. The second kappa shape index (κ2) is 17.6. The van der Waals surface area contributed by atoms with E-state index >= 15 is 0 Å². The summed E-state index contributed by atoms with van der Waals surface area (Å²) >= 11 is 6.22. The minimum absolute atomic E-state index is 0.0148. The molecule has 0 radical (unpaired) electrons. The molecule has 356 valence electrons. The molecule has 1 aromatic heterocycles. The quantitative estimate of drug-likeness (QED) is 0.0362. The number of amides is 2. The molecule has 0 fully saturated rings. The molecule has 3 aliphatic heterocycles. The first kappa shape index (κ1) is 46.7. The van der Waals surface area contributed by atoms with Crippen molar-refractivity contribution in [1.82, 2.24) is 25.4 Å². The van der Waals surface area contributed by atoms with E-state index in [4.69, 9.17) is 42.3 Å². The number of benzene rings is 5. The Morgan fingerprint density at radius 3 is 2.06 bits per heavy atom. The van der Waals surface area contributed by atoms with Crippen molar-refractivity contribution in [1.29, 1.82) is 0 Å². The third-order valence-corrected chi connectivity index (χ3v) is 14.1. The molecular weight excluding hydrogens is 956 g/mol. The monoisotopic (exact) mass is 996 g/mol. The fourth-order valence-corrected chi connectivity index (χ4v) is 10.5. The molecule has 3 aliphatic rings. The number of aryl methyl sites for hydroxylation is 1. The van der Waals surface area contributed by atoms with Gasteiger partial charge in [0.05, 0.1) is 41.9 Å². The van der Waals surface area contributed by atoms with Gasteiger partial charge in [0.15, 0.2) is 32.7 Å². The van der Waals surface area contributed by atoms with E-state index < -0.39 is 76.4 Å². The Bertz CT molecular complexity index is 3330. The SMILES string of the molecule is COc1ccc2c(c1)C(c1ccc(Cl)cc1)=N[C@@H](CC(=O)NCCCCCNC(=O)c1ccc3c(c1)C(=O)OC31c3ccc(N)c(S(=O)(=O)O)c3Oc3c1ccc(N)c3S(=O)(=O)O)c1nnc(C)n1-2. The van der Waals surface area contributed by atoms with E-state index in [-0.39, 0.29) is 46.7 Å². The number of ether oxygens (including phenoxy) is 3. The van der Waals surface area contributed by atoms with Crippen LogP contribution in [0.1, 0.15) is 91.9 Å². The number of fused-ring (bicyclic) bond motifs is 9. The lowest BCUT2D eigenvalue weighted by Gasteiger charge is -2.37. The van der Waals surface area contributed by atoms with Gasteiger partial charge in [0, 0.05) is 51.5 Å². The second-order valence-electron chi connectivity index (χ2n) is 16.3. The molecule has 5 aromatic carbocycles. The van der Waals surface area contributed by atoms with Gasteiger partial charge in [-0.25, -0.2) is 4.79 Å². The van der Waals surface area contributed by atoms with Crippen molar-refractivity contribution in [2.45, 2.75) is 54.0 Å². The van der Waals surface area contributed by atoms with Crippen LogP contribution in [-0.4, -0.2) is 84.4 Å². The number of nitrogens with two attached hydrogens (primary N) is 2. The number of aromatic nitrogens is 3. The van der Waals surface area contributed by atoms with Gasteiger partial charge in [-0.1, -0.05) is 29.8 Å². The molecule has 4 heterocycles. The molecule has 8 N–H and O–H groups in total. The molecule has 0 aliphatic carbocycles. The van der Waals surface area contributed by atoms with Crippen LogP contribution in [0.3, 0.4) is 0 Å². The zero-order valence-corrected chi connectivity index (χ0v) is 38.9. The summed E-state index contributed by atoms with van der Waals surface area (Å²) in [6, 6.07) is 21.0. The van der Waals surface area contributed by atoms with Crippen molar-refractivity contribution in [2.75, 3.05) is 31.7 Å². The van der Waals surface area contributed by atoms with Crippen LogP contribution < -0.4 is 31.6 Å². The lowest BCUT2D eigenvalue weighted by atomic mass is 9.77. The van der Waals surface area contributed by atoms with Crippen molar-refractivity contribution in [3.63, 3.8) is 0 Å². The van der Waals surface area contributed by atoms with Gasteiger partial charge < -0.3 is 36.3 Å². The van der Waals surface area contributed by atoms with Crippen LogP contribution in [0.2, 0.25) is 5.02 Å². The number of halogens is 1. The normalized spacial score (nSPS) is 15.3. The van der Waals surface area contributed by atoms with Crippen LogP contribution in [-0.2, 0) is 35.4 Å². The molecule has 0 saturated heterocycles. The predicted molar refractivity (Wildman–Crippen MR) is 249 cm³/mol. The molecule has 0 saturated carbocycles. The van der Waals surface area contributed by atoms with Gasteiger partial charge in [0.1, 0.15) is 17.6 Å². The third kappa shape index (κ3) is 8.28. The van der Waals surface area contributed by atoms with Crippen LogP contribution >= 0.6 is 11.6 Å². The summed E-state index contributed by atoms with van der Waals surface area (Å²) in [4.78, 5) is 43.8. The lowest BCUT2D eigenvalue weighted by Crippen LogP contribution is -2.34. The molecule has 6 aromatic rings. The Labute approximate surface area is 399 Å². The van der Waals surface area contributed by atoms with Crippen molar-refractivity contribution >= 4 is 66.7 Å². The highest BCUT2D eigenvalue weighted by Gasteiger charge is 2.56. The smallest absolute Gasteiger partial charge is 0.340 e. The largest absolute Gasteiger partial charge is 0.497 e. The first-order valence-electron chi connectivity index (χ1n) is 21.2. The minimum Gasteiger partial charge on any atom is -0.497 e. The van der Waals surface area contributed by atoms with Crippen molar-refractivity contribution in [3.8, 4) is 22.9 Å². The Balaban J connectivity index is 0.867. The summed E-state index contributed by atoms with van der Waals surface area (Å²) < 4.78 is 90.2. The van der Waals surface area contributed by atoms with E-state index in [1.807, 2.05) is 41.8 Å². The van der Waals surface area contributed by atoms with Crippen molar-refractivity contribution in [2.24, 2.45) is 4.99 Å². The first-order chi connectivity index (χ1) is 32.8. The third-order valence-electron chi connectivity index (χ3n) is 12.0. The number of nitrogen functional groups attached to an aromatic ring is 2. The van der Waals surface area contributed by atoms with Crippen molar-refractivity contribution < 1.29 is 54.5 Å². The summed E-state index contributed by atoms with van der Waals surface area (Å²) in [6.07, 6.45) is 1.73. The van der Waals surface area contributed by atoms with Crippen LogP contribution in [0.5, 0.6) is 17.2 Å². The number of nitrogens with one attached hydrogen (secondary N) is 2. The minimum atomic E-state index is -5.17. The number of nitrogens with zero attached hydrogens (tertiary/aromatic N) is 4. The number of hydrogen-bond donors (Lipinski definition) is 6. The van der Waals surface area contributed by atoms with Gasteiger partial charge in [-0.2, -0.15) is 16.8 Å². The molecule has 0 unspecified atom stereocenters. The average Bonchev–Trinajstić information content (AvgIpc) is 3.78. The predicted octanol–water partition coefficient (Wildman–Crippen LogP) is 5.46. The number of rotatable bonds is 13. The van der Waals surface area contributed by atoms with E-state index in [1.165, 1.54) is 30.3 Å². The topological polar surface area (TPSA) is 307 Å². The fraction of sp³-hybridized carbons (Fsp3) is 0.217. The molecule has 0 bridgehead atoms. The average molecular weight is 997 g/mol. The maximum absolute atomic E-state index is 13.7. The molecule has 2 amide bonds. The summed E-state index contributed by atoms with van der Waals surface area (Å²) in [5.74, 6) is -1.39. The number of unbranched alkanes of at least 4 members (excludes halogenated alkanes) is 2. The lowest BCUT2D eigenvalue weighted by molar-refractivity contribution is -0.121.